The van der Waals surface area contributed by atoms with Crippen LogP contribution in [0, 0.1) is 0 Å². The fourth-order valence-electron chi connectivity index (χ4n) is 2.38. The lowest BCUT2D eigenvalue weighted by molar-refractivity contribution is 0.414. The SMILES string of the molecule is COc1ccc(C(N)=S)c(N2CCn3cnnc3C2)c1. The highest BCUT2D eigenvalue weighted by atomic mass is 32.1. The lowest BCUT2D eigenvalue weighted by Gasteiger charge is -2.30. The molecule has 0 atom stereocenters. The first kappa shape index (κ1) is 12.9. The Labute approximate surface area is 122 Å². The number of rotatable bonds is 3. The molecular weight excluding hydrogens is 274 g/mol. The summed E-state index contributed by atoms with van der Waals surface area (Å²) in [6.45, 7) is 2.38. The minimum absolute atomic E-state index is 0.384. The van der Waals surface area contributed by atoms with Gasteiger partial charge in [-0.2, -0.15) is 0 Å². The second-order valence-corrected chi connectivity index (χ2v) is 5.05. The van der Waals surface area contributed by atoms with E-state index in [-0.39, 0.29) is 0 Å². The van der Waals surface area contributed by atoms with Crippen molar-refractivity contribution in [3.8, 4) is 5.75 Å². The quantitative estimate of drug-likeness (QED) is 0.848. The van der Waals surface area contributed by atoms with Gasteiger partial charge >= 0.3 is 0 Å². The van der Waals surface area contributed by atoms with E-state index in [9.17, 15) is 0 Å². The van der Waals surface area contributed by atoms with Crippen LogP contribution in [0.4, 0.5) is 5.69 Å². The van der Waals surface area contributed by atoms with Crippen LogP contribution in [0.5, 0.6) is 5.75 Å². The van der Waals surface area contributed by atoms with E-state index in [1.807, 2.05) is 18.2 Å². The van der Waals surface area contributed by atoms with Crippen LogP contribution in [-0.2, 0) is 13.1 Å². The van der Waals surface area contributed by atoms with Crippen LogP contribution in [0.15, 0.2) is 24.5 Å². The average molecular weight is 289 g/mol. The summed E-state index contributed by atoms with van der Waals surface area (Å²) in [6.07, 6.45) is 1.76. The summed E-state index contributed by atoms with van der Waals surface area (Å²) in [5.74, 6) is 1.72. The molecule has 1 aliphatic rings. The molecule has 0 saturated carbocycles. The maximum atomic E-state index is 5.82. The summed E-state index contributed by atoms with van der Waals surface area (Å²) in [5.41, 5.74) is 7.65. The molecule has 0 radical (unpaired) electrons. The van der Waals surface area contributed by atoms with Crippen LogP contribution in [-0.4, -0.2) is 33.4 Å². The monoisotopic (exact) mass is 289 g/mol. The number of ether oxygens (including phenoxy) is 1. The fraction of sp³-hybridized carbons (Fsp3) is 0.308. The molecule has 2 N–H and O–H groups in total. The van der Waals surface area contributed by atoms with E-state index in [1.165, 1.54) is 0 Å². The molecule has 0 fully saturated rings. The lowest BCUT2D eigenvalue weighted by atomic mass is 10.1. The van der Waals surface area contributed by atoms with E-state index >= 15 is 0 Å². The molecule has 0 aliphatic carbocycles. The molecule has 0 spiro atoms. The van der Waals surface area contributed by atoms with Gasteiger partial charge in [0.2, 0.25) is 0 Å². The van der Waals surface area contributed by atoms with Gasteiger partial charge in [0.05, 0.1) is 19.3 Å². The zero-order chi connectivity index (χ0) is 14.1. The number of hydrogen-bond acceptors (Lipinski definition) is 5. The molecule has 1 aliphatic heterocycles. The molecule has 1 aromatic heterocycles. The van der Waals surface area contributed by atoms with Crippen molar-refractivity contribution in [2.24, 2.45) is 5.73 Å². The van der Waals surface area contributed by atoms with E-state index in [0.717, 1.165) is 35.9 Å². The van der Waals surface area contributed by atoms with Gasteiger partial charge in [-0.1, -0.05) is 12.2 Å². The highest BCUT2D eigenvalue weighted by Crippen LogP contribution is 2.28. The van der Waals surface area contributed by atoms with Crippen LogP contribution in [0.1, 0.15) is 11.4 Å². The van der Waals surface area contributed by atoms with E-state index in [1.54, 1.807) is 13.4 Å². The van der Waals surface area contributed by atoms with E-state index < -0.39 is 0 Å². The second-order valence-electron chi connectivity index (χ2n) is 4.61. The molecule has 1 aromatic carbocycles. The fourth-order valence-corrected chi connectivity index (χ4v) is 2.55. The predicted octanol–water partition coefficient (Wildman–Crippen LogP) is 0.941. The Morgan fingerprint density at radius 3 is 3.00 bits per heavy atom. The van der Waals surface area contributed by atoms with E-state index in [4.69, 9.17) is 22.7 Å². The molecule has 20 heavy (non-hydrogen) atoms. The summed E-state index contributed by atoms with van der Waals surface area (Å²) in [7, 11) is 1.65. The van der Waals surface area contributed by atoms with Gasteiger partial charge in [-0.05, 0) is 12.1 Å². The number of fused-ring (bicyclic) bond motifs is 1. The summed E-state index contributed by atoms with van der Waals surface area (Å²) in [6, 6.07) is 5.72. The van der Waals surface area contributed by atoms with E-state index in [0.29, 0.717) is 11.5 Å². The van der Waals surface area contributed by atoms with Crippen LogP contribution < -0.4 is 15.4 Å². The van der Waals surface area contributed by atoms with Crippen LogP contribution in [0.25, 0.3) is 0 Å². The second kappa shape index (κ2) is 5.09. The van der Waals surface area contributed by atoms with Gasteiger partial charge in [-0.3, -0.25) is 0 Å². The Morgan fingerprint density at radius 2 is 2.25 bits per heavy atom. The van der Waals surface area contributed by atoms with Gasteiger partial charge in [0.25, 0.3) is 0 Å². The molecule has 0 unspecified atom stereocenters. The molecule has 2 aromatic rings. The van der Waals surface area contributed by atoms with Crippen molar-refractivity contribution < 1.29 is 4.74 Å². The first-order valence-corrected chi connectivity index (χ1v) is 6.69. The van der Waals surface area contributed by atoms with Crippen LogP contribution in [0.3, 0.4) is 0 Å². The van der Waals surface area contributed by atoms with Crippen molar-refractivity contribution in [1.29, 1.82) is 0 Å². The Morgan fingerprint density at radius 1 is 1.40 bits per heavy atom. The molecule has 104 valence electrons. The van der Waals surface area contributed by atoms with E-state index in [2.05, 4.69) is 19.7 Å². The summed E-state index contributed by atoms with van der Waals surface area (Å²) in [5, 5.41) is 8.06. The van der Waals surface area contributed by atoms with Gasteiger partial charge < -0.3 is 19.9 Å². The molecule has 6 nitrogen and oxygen atoms in total. The standard InChI is InChI=1S/C13H15N5OS/c1-19-9-2-3-10(13(14)20)11(6-9)17-4-5-18-8-15-16-12(18)7-17/h2-3,6,8H,4-5,7H2,1H3,(H2,14,20). The summed E-state index contributed by atoms with van der Waals surface area (Å²) < 4.78 is 7.34. The van der Waals surface area contributed by atoms with Gasteiger partial charge in [0.1, 0.15) is 17.1 Å². The molecule has 3 rings (SSSR count). The molecule has 0 amide bonds. The number of anilines is 1. The molecule has 7 heteroatoms. The Hall–Kier alpha value is -2.15. The summed E-state index contributed by atoms with van der Waals surface area (Å²) >= 11 is 5.14. The normalized spacial score (nSPS) is 13.9. The number of nitrogens with two attached hydrogens (primary N) is 1. The Balaban J connectivity index is 1.99. The third-order valence-electron chi connectivity index (χ3n) is 3.45. The average Bonchev–Trinajstić information content (AvgIpc) is 2.93. The minimum atomic E-state index is 0.384. The van der Waals surface area contributed by atoms with Crippen molar-refractivity contribution in [3.63, 3.8) is 0 Å². The molecule has 0 saturated heterocycles. The number of aromatic nitrogens is 3. The van der Waals surface area contributed by atoms with Crippen molar-refractivity contribution >= 4 is 22.9 Å². The smallest absolute Gasteiger partial charge is 0.152 e. The maximum absolute atomic E-state index is 5.82. The van der Waals surface area contributed by atoms with Crippen molar-refractivity contribution in [1.82, 2.24) is 14.8 Å². The number of hydrogen-bond donors (Lipinski definition) is 1. The topological polar surface area (TPSA) is 69.2 Å². The first-order chi connectivity index (χ1) is 9.69. The molecule has 2 heterocycles. The third-order valence-corrected chi connectivity index (χ3v) is 3.67. The van der Waals surface area contributed by atoms with Gasteiger partial charge in [-0.15, -0.1) is 10.2 Å². The Kier molecular flexibility index (Phi) is 3.27. The molecule has 0 bridgehead atoms. The maximum Gasteiger partial charge on any atom is 0.152 e. The van der Waals surface area contributed by atoms with Crippen LogP contribution >= 0.6 is 12.2 Å². The summed E-state index contributed by atoms with van der Waals surface area (Å²) in [4.78, 5) is 2.58. The first-order valence-electron chi connectivity index (χ1n) is 6.28. The lowest BCUT2D eigenvalue weighted by Crippen LogP contribution is -2.35. The number of benzene rings is 1. The predicted molar refractivity (Wildman–Crippen MR) is 80.0 cm³/mol. The third kappa shape index (κ3) is 2.20. The minimum Gasteiger partial charge on any atom is -0.497 e. The van der Waals surface area contributed by atoms with Gasteiger partial charge in [0, 0.05) is 24.7 Å². The largest absolute Gasteiger partial charge is 0.497 e. The van der Waals surface area contributed by atoms with Crippen molar-refractivity contribution in [2.45, 2.75) is 13.1 Å². The van der Waals surface area contributed by atoms with Crippen molar-refractivity contribution in [3.05, 3.63) is 35.9 Å². The van der Waals surface area contributed by atoms with Gasteiger partial charge in [-0.25, -0.2) is 0 Å². The van der Waals surface area contributed by atoms with Crippen molar-refractivity contribution in [2.75, 3.05) is 18.6 Å². The number of nitrogens with zero attached hydrogens (tertiary/aromatic N) is 4. The van der Waals surface area contributed by atoms with Gasteiger partial charge in [0.15, 0.2) is 5.82 Å². The number of thiocarbonyl (C=S) groups is 1. The number of methoxy groups -OCH3 is 1. The highest BCUT2D eigenvalue weighted by Gasteiger charge is 2.21. The van der Waals surface area contributed by atoms with Crippen LogP contribution in [0.2, 0.25) is 0 Å². The Bertz CT molecular complexity index is 654. The highest BCUT2D eigenvalue weighted by molar-refractivity contribution is 7.80. The zero-order valence-electron chi connectivity index (χ0n) is 11.1. The molecular formula is C13H15N5OS. The zero-order valence-corrected chi connectivity index (χ0v) is 11.9.